The average molecular weight is 313 g/mol. The molecule has 4 heterocycles. The predicted molar refractivity (Wildman–Crippen MR) is 89.5 cm³/mol. The number of anilines is 1. The fourth-order valence-corrected chi connectivity index (χ4v) is 4.08. The molecule has 4 rings (SSSR count). The third kappa shape index (κ3) is 2.37. The summed E-state index contributed by atoms with van der Waals surface area (Å²) in [6.07, 6.45) is 9.08. The number of nitrogens with one attached hydrogen (secondary N) is 1. The molecular weight excluding hydrogens is 294 g/mol. The van der Waals surface area contributed by atoms with Gasteiger partial charge in [-0.1, -0.05) is 6.92 Å². The molecule has 114 valence electrons. The molecule has 6 heteroatoms. The van der Waals surface area contributed by atoms with Crippen LogP contribution >= 0.6 is 11.3 Å². The van der Waals surface area contributed by atoms with Crippen LogP contribution in [0, 0.1) is 0 Å². The molecule has 3 aromatic heterocycles. The molecule has 0 saturated heterocycles. The molecule has 0 radical (unpaired) electrons. The highest BCUT2D eigenvalue weighted by Gasteiger charge is 2.21. The van der Waals surface area contributed by atoms with Gasteiger partial charge in [-0.2, -0.15) is 0 Å². The normalized spacial score (nSPS) is 17.6. The van der Waals surface area contributed by atoms with E-state index in [1.54, 1.807) is 17.7 Å². The van der Waals surface area contributed by atoms with Crippen molar-refractivity contribution in [3.8, 4) is 0 Å². The number of thiophene rings is 1. The summed E-state index contributed by atoms with van der Waals surface area (Å²) in [6.45, 7) is 4.14. The molecule has 1 N–H and O–H groups in total. The standard InChI is InChI=1S/C16H19N5S/c1-2-12-8-13-14(19-10-20-16(13)22-12)18-9-11-4-3-6-21-7-5-17-15(11)21/h5,7-8,10-11H,2-4,6,9H2,1H3,(H,18,19,20). The number of nitrogens with zero attached hydrogens (tertiary/aromatic N) is 4. The summed E-state index contributed by atoms with van der Waals surface area (Å²) in [5.41, 5.74) is 0. The Balaban J connectivity index is 1.56. The van der Waals surface area contributed by atoms with Crippen LogP contribution in [0.5, 0.6) is 0 Å². The molecule has 1 atom stereocenters. The highest BCUT2D eigenvalue weighted by Crippen LogP contribution is 2.30. The van der Waals surface area contributed by atoms with Crippen LogP contribution in [-0.4, -0.2) is 26.1 Å². The SMILES string of the molecule is CCc1cc2c(NCC3CCCn4ccnc43)ncnc2s1. The maximum atomic E-state index is 4.52. The maximum Gasteiger partial charge on any atom is 0.138 e. The first-order valence-corrected chi connectivity index (χ1v) is 8.65. The van der Waals surface area contributed by atoms with Crippen molar-refractivity contribution in [3.63, 3.8) is 0 Å². The lowest BCUT2D eigenvalue weighted by atomic mass is 9.99. The number of hydrogen-bond acceptors (Lipinski definition) is 5. The molecule has 0 saturated carbocycles. The van der Waals surface area contributed by atoms with E-state index in [0.717, 1.165) is 35.5 Å². The molecule has 3 aromatic rings. The minimum atomic E-state index is 0.457. The van der Waals surface area contributed by atoms with Crippen LogP contribution in [0.2, 0.25) is 0 Å². The molecule has 0 aromatic carbocycles. The molecule has 5 nitrogen and oxygen atoms in total. The van der Waals surface area contributed by atoms with Gasteiger partial charge in [-0.25, -0.2) is 15.0 Å². The summed E-state index contributed by atoms with van der Waals surface area (Å²) in [7, 11) is 0. The van der Waals surface area contributed by atoms with E-state index in [-0.39, 0.29) is 0 Å². The number of aromatic nitrogens is 4. The van der Waals surface area contributed by atoms with Crippen LogP contribution in [0.1, 0.15) is 36.4 Å². The molecule has 22 heavy (non-hydrogen) atoms. The molecule has 1 aliphatic rings. The molecular formula is C16H19N5S. The number of fused-ring (bicyclic) bond motifs is 2. The quantitative estimate of drug-likeness (QED) is 0.801. The van der Waals surface area contributed by atoms with Crippen molar-refractivity contribution in [2.75, 3.05) is 11.9 Å². The lowest BCUT2D eigenvalue weighted by Gasteiger charge is -2.23. The first kappa shape index (κ1) is 13.7. The van der Waals surface area contributed by atoms with E-state index in [9.17, 15) is 0 Å². The smallest absolute Gasteiger partial charge is 0.138 e. The van der Waals surface area contributed by atoms with Gasteiger partial charge in [-0.3, -0.25) is 0 Å². The van der Waals surface area contributed by atoms with Crippen molar-refractivity contribution in [1.29, 1.82) is 0 Å². The van der Waals surface area contributed by atoms with Crippen LogP contribution in [0.4, 0.5) is 5.82 Å². The van der Waals surface area contributed by atoms with Gasteiger partial charge in [-0.05, 0) is 25.3 Å². The van der Waals surface area contributed by atoms with E-state index in [4.69, 9.17) is 0 Å². The third-order valence-electron chi connectivity index (χ3n) is 4.31. The van der Waals surface area contributed by atoms with Crippen molar-refractivity contribution >= 4 is 27.4 Å². The highest BCUT2D eigenvalue weighted by atomic mass is 32.1. The van der Waals surface area contributed by atoms with Gasteiger partial charge in [0.25, 0.3) is 0 Å². The van der Waals surface area contributed by atoms with Crippen molar-refractivity contribution < 1.29 is 0 Å². The average Bonchev–Trinajstić information content (AvgIpc) is 3.19. The Morgan fingerprint density at radius 1 is 1.36 bits per heavy atom. The zero-order chi connectivity index (χ0) is 14.9. The number of aryl methyl sites for hydroxylation is 2. The molecule has 0 amide bonds. The van der Waals surface area contributed by atoms with E-state index in [1.165, 1.54) is 23.5 Å². The highest BCUT2D eigenvalue weighted by molar-refractivity contribution is 7.18. The molecule has 0 fully saturated rings. The number of hydrogen-bond donors (Lipinski definition) is 1. The second kappa shape index (κ2) is 5.68. The topological polar surface area (TPSA) is 55.6 Å². The van der Waals surface area contributed by atoms with Crippen molar-refractivity contribution in [3.05, 3.63) is 35.5 Å². The van der Waals surface area contributed by atoms with Crippen molar-refractivity contribution in [2.24, 2.45) is 0 Å². The Morgan fingerprint density at radius 2 is 2.32 bits per heavy atom. The Bertz CT molecular complexity index is 791. The van der Waals surface area contributed by atoms with Crippen molar-refractivity contribution in [2.45, 2.75) is 38.6 Å². The van der Waals surface area contributed by atoms with E-state index < -0.39 is 0 Å². The number of rotatable bonds is 4. The van der Waals surface area contributed by atoms with Crippen molar-refractivity contribution in [1.82, 2.24) is 19.5 Å². The van der Waals surface area contributed by atoms with Gasteiger partial charge in [0.05, 0.1) is 5.39 Å². The molecule has 1 unspecified atom stereocenters. The second-order valence-corrected chi connectivity index (χ2v) is 6.82. The zero-order valence-corrected chi connectivity index (χ0v) is 13.4. The fourth-order valence-electron chi connectivity index (χ4n) is 3.14. The summed E-state index contributed by atoms with van der Waals surface area (Å²) in [4.78, 5) is 15.8. The monoisotopic (exact) mass is 313 g/mol. The lowest BCUT2D eigenvalue weighted by molar-refractivity contribution is 0.454. The molecule has 1 aliphatic heterocycles. The second-order valence-electron chi connectivity index (χ2n) is 5.71. The lowest BCUT2D eigenvalue weighted by Crippen LogP contribution is -2.22. The summed E-state index contributed by atoms with van der Waals surface area (Å²) in [6, 6.07) is 2.21. The van der Waals surface area contributed by atoms with Gasteiger partial charge in [0.1, 0.15) is 22.8 Å². The van der Waals surface area contributed by atoms with Gasteiger partial charge >= 0.3 is 0 Å². The van der Waals surface area contributed by atoms with E-state index in [0.29, 0.717) is 5.92 Å². The van der Waals surface area contributed by atoms with Gasteiger partial charge < -0.3 is 9.88 Å². The largest absolute Gasteiger partial charge is 0.369 e. The minimum Gasteiger partial charge on any atom is -0.369 e. The van der Waals surface area contributed by atoms with Crippen LogP contribution in [-0.2, 0) is 13.0 Å². The van der Waals surface area contributed by atoms with Gasteiger partial charge in [0.2, 0.25) is 0 Å². The predicted octanol–water partition coefficient (Wildman–Crippen LogP) is 3.44. The first-order valence-electron chi connectivity index (χ1n) is 7.83. The van der Waals surface area contributed by atoms with E-state index in [2.05, 4.69) is 44.0 Å². The van der Waals surface area contributed by atoms with Gasteiger partial charge in [0.15, 0.2) is 0 Å². The van der Waals surface area contributed by atoms with Gasteiger partial charge in [0, 0.05) is 36.3 Å². The van der Waals surface area contributed by atoms with Crippen LogP contribution < -0.4 is 5.32 Å². The van der Waals surface area contributed by atoms with Gasteiger partial charge in [-0.15, -0.1) is 11.3 Å². The Morgan fingerprint density at radius 3 is 3.23 bits per heavy atom. The molecule has 0 bridgehead atoms. The Labute approximate surface area is 133 Å². The first-order chi connectivity index (χ1) is 10.8. The summed E-state index contributed by atoms with van der Waals surface area (Å²) < 4.78 is 2.27. The minimum absolute atomic E-state index is 0.457. The molecule has 0 aliphatic carbocycles. The molecule has 0 spiro atoms. The zero-order valence-electron chi connectivity index (χ0n) is 12.6. The Kier molecular flexibility index (Phi) is 3.54. The maximum absolute atomic E-state index is 4.52. The fraction of sp³-hybridized carbons (Fsp3) is 0.438. The van der Waals surface area contributed by atoms with E-state index in [1.807, 2.05) is 6.20 Å². The van der Waals surface area contributed by atoms with Crippen LogP contribution in [0.25, 0.3) is 10.2 Å². The van der Waals surface area contributed by atoms with Crippen LogP contribution in [0.15, 0.2) is 24.8 Å². The summed E-state index contributed by atoms with van der Waals surface area (Å²) >= 11 is 1.76. The third-order valence-corrected chi connectivity index (χ3v) is 5.50. The number of imidazole rings is 1. The summed E-state index contributed by atoms with van der Waals surface area (Å²) in [5.74, 6) is 2.60. The van der Waals surface area contributed by atoms with Crippen LogP contribution in [0.3, 0.4) is 0 Å². The Hall–Kier alpha value is -1.95. The summed E-state index contributed by atoms with van der Waals surface area (Å²) in [5, 5.41) is 4.67. The van der Waals surface area contributed by atoms with E-state index >= 15 is 0 Å².